The number of aliphatic carboxylic acids is 1. The van der Waals surface area contributed by atoms with Gasteiger partial charge in [-0.3, -0.25) is 9.69 Å². The van der Waals surface area contributed by atoms with E-state index in [1.165, 1.54) is 16.7 Å². The lowest BCUT2D eigenvalue weighted by Crippen LogP contribution is -2.44. The van der Waals surface area contributed by atoms with Gasteiger partial charge >= 0.3 is 5.97 Å². The molecule has 0 fully saturated rings. The average molecular weight is 293 g/mol. The lowest BCUT2D eigenvalue weighted by molar-refractivity contribution is -0.139. The monoisotopic (exact) mass is 293 g/mol. The number of rotatable bonds is 3. The van der Waals surface area contributed by atoms with Gasteiger partial charge in [-0.2, -0.15) is 0 Å². The minimum absolute atomic E-state index is 0.0202. The summed E-state index contributed by atoms with van der Waals surface area (Å²) in [4.78, 5) is 25.2. The second-order valence-corrected chi connectivity index (χ2v) is 7.65. The molecule has 0 spiro atoms. The van der Waals surface area contributed by atoms with Gasteiger partial charge in [-0.1, -0.05) is 39.0 Å². The highest BCUT2D eigenvalue weighted by Gasteiger charge is 2.38. The van der Waals surface area contributed by atoms with E-state index in [-0.39, 0.29) is 10.7 Å². The summed E-state index contributed by atoms with van der Waals surface area (Å²) in [7, 11) is 0. The van der Waals surface area contributed by atoms with E-state index < -0.39 is 12.0 Å². The van der Waals surface area contributed by atoms with Crippen LogP contribution in [0.4, 0.5) is 5.69 Å². The molecule has 2 rings (SSSR count). The van der Waals surface area contributed by atoms with Crippen molar-refractivity contribution in [3.63, 3.8) is 0 Å². The first-order chi connectivity index (χ1) is 9.29. The number of nitrogens with zero attached hydrogens (tertiary/aromatic N) is 1. The molecule has 0 radical (unpaired) electrons. The van der Waals surface area contributed by atoms with Crippen LogP contribution in [0.5, 0.6) is 0 Å². The molecule has 0 aliphatic carbocycles. The van der Waals surface area contributed by atoms with Gasteiger partial charge in [0.25, 0.3) is 0 Å². The average Bonchev–Trinajstić information content (AvgIpc) is 2.74. The molecule has 0 bridgehead atoms. The number of para-hydroxylation sites is 1. The van der Waals surface area contributed by atoms with E-state index in [1.54, 1.807) is 0 Å². The third-order valence-electron chi connectivity index (χ3n) is 3.16. The van der Waals surface area contributed by atoms with Crippen molar-refractivity contribution in [2.45, 2.75) is 38.0 Å². The van der Waals surface area contributed by atoms with Crippen LogP contribution in [0, 0.1) is 0 Å². The van der Waals surface area contributed by atoms with Crippen molar-refractivity contribution >= 4 is 29.3 Å². The van der Waals surface area contributed by atoms with Crippen molar-refractivity contribution in [3.05, 3.63) is 29.8 Å². The number of thioether (sulfide) groups is 1. The van der Waals surface area contributed by atoms with Gasteiger partial charge in [0.2, 0.25) is 5.91 Å². The van der Waals surface area contributed by atoms with Crippen molar-refractivity contribution in [1.82, 2.24) is 0 Å². The van der Waals surface area contributed by atoms with Gasteiger partial charge in [0.1, 0.15) is 6.04 Å². The van der Waals surface area contributed by atoms with E-state index in [1.807, 2.05) is 45.0 Å². The first kappa shape index (κ1) is 14.9. The fourth-order valence-electron chi connectivity index (χ4n) is 2.24. The molecule has 20 heavy (non-hydrogen) atoms. The van der Waals surface area contributed by atoms with E-state index >= 15 is 0 Å². The summed E-state index contributed by atoms with van der Waals surface area (Å²) in [6.07, 6.45) is 0.386. The molecule has 4 nitrogen and oxygen atoms in total. The highest BCUT2D eigenvalue weighted by Crippen LogP contribution is 2.33. The van der Waals surface area contributed by atoms with Gasteiger partial charge in [-0.25, -0.2) is 4.79 Å². The predicted molar refractivity (Wildman–Crippen MR) is 81.3 cm³/mol. The largest absolute Gasteiger partial charge is 0.480 e. The Morgan fingerprint density at radius 1 is 1.35 bits per heavy atom. The van der Waals surface area contributed by atoms with Crippen LogP contribution in [0.3, 0.4) is 0 Å². The molecule has 0 saturated carbocycles. The van der Waals surface area contributed by atoms with E-state index in [0.717, 1.165) is 11.3 Å². The first-order valence-electron chi connectivity index (χ1n) is 6.56. The minimum atomic E-state index is -0.949. The van der Waals surface area contributed by atoms with Gasteiger partial charge < -0.3 is 5.11 Å². The lowest BCUT2D eigenvalue weighted by atomic mass is 10.1. The summed E-state index contributed by atoms with van der Waals surface area (Å²) in [6.45, 7) is 6.12. The molecule has 108 valence electrons. The van der Waals surface area contributed by atoms with Crippen molar-refractivity contribution in [2.24, 2.45) is 0 Å². The molecule has 1 heterocycles. The normalized spacial score (nSPS) is 17.9. The maximum Gasteiger partial charge on any atom is 0.327 e. The molecular weight excluding hydrogens is 274 g/mol. The summed E-state index contributed by atoms with van der Waals surface area (Å²) in [5.41, 5.74) is 1.66. The number of hydrogen-bond acceptors (Lipinski definition) is 3. The van der Waals surface area contributed by atoms with Gasteiger partial charge in [0.05, 0.1) is 5.75 Å². The zero-order valence-electron chi connectivity index (χ0n) is 11.9. The Morgan fingerprint density at radius 3 is 2.60 bits per heavy atom. The lowest BCUT2D eigenvalue weighted by Gasteiger charge is -2.24. The van der Waals surface area contributed by atoms with Crippen LogP contribution in [0.1, 0.15) is 26.3 Å². The molecule has 1 N–H and O–H groups in total. The van der Waals surface area contributed by atoms with Crippen LogP contribution in [0.2, 0.25) is 0 Å². The van der Waals surface area contributed by atoms with Gasteiger partial charge in [-0.15, -0.1) is 11.8 Å². The van der Waals surface area contributed by atoms with E-state index in [9.17, 15) is 14.7 Å². The molecule has 1 amide bonds. The summed E-state index contributed by atoms with van der Waals surface area (Å²) in [6, 6.07) is 6.63. The number of hydrogen-bond donors (Lipinski definition) is 1. The zero-order valence-corrected chi connectivity index (χ0v) is 12.7. The second-order valence-electron chi connectivity index (χ2n) is 5.85. The van der Waals surface area contributed by atoms with E-state index in [4.69, 9.17) is 0 Å². The number of carboxylic acids is 1. The third-order valence-corrected chi connectivity index (χ3v) is 4.42. The number of benzene rings is 1. The fraction of sp³-hybridized carbons (Fsp3) is 0.467. The van der Waals surface area contributed by atoms with E-state index in [2.05, 4.69) is 0 Å². The van der Waals surface area contributed by atoms with Crippen LogP contribution in [0.25, 0.3) is 0 Å². The van der Waals surface area contributed by atoms with Crippen LogP contribution in [-0.4, -0.2) is 33.5 Å². The Kier molecular flexibility index (Phi) is 4.09. The molecule has 1 atom stereocenters. The standard InChI is InChI=1S/C15H19NO3S/c1-15(2,3)20-9-13(17)16-11-7-5-4-6-10(11)8-12(16)14(18)19/h4-7,12H,8-9H2,1-3H3,(H,18,19). The number of amides is 1. The molecule has 0 saturated heterocycles. The van der Waals surface area contributed by atoms with Crippen molar-refractivity contribution in [3.8, 4) is 0 Å². The highest BCUT2D eigenvalue weighted by molar-refractivity contribution is 8.01. The van der Waals surface area contributed by atoms with Crippen molar-refractivity contribution in [2.75, 3.05) is 10.7 Å². The molecule has 5 heteroatoms. The Labute approximate surface area is 123 Å². The molecule has 1 aromatic carbocycles. The molecule has 1 aromatic rings. The number of carbonyl (C=O) groups excluding carboxylic acids is 1. The van der Waals surface area contributed by atoms with Crippen LogP contribution < -0.4 is 4.90 Å². The molecule has 1 unspecified atom stereocenters. The second kappa shape index (κ2) is 5.48. The highest BCUT2D eigenvalue weighted by atomic mass is 32.2. The Balaban J connectivity index is 2.22. The topological polar surface area (TPSA) is 57.6 Å². The number of fused-ring (bicyclic) bond motifs is 1. The van der Waals surface area contributed by atoms with Crippen molar-refractivity contribution < 1.29 is 14.7 Å². The number of anilines is 1. The van der Waals surface area contributed by atoms with Gasteiger partial charge in [0.15, 0.2) is 0 Å². The predicted octanol–water partition coefficient (Wildman–Crippen LogP) is 2.56. The Bertz CT molecular complexity index is 536. The van der Waals surface area contributed by atoms with Crippen molar-refractivity contribution in [1.29, 1.82) is 0 Å². The van der Waals surface area contributed by atoms with Gasteiger partial charge in [0, 0.05) is 16.9 Å². The SMILES string of the molecule is CC(C)(C)SCC(=O)N1c2ccccc2CC1C(=O)O. The molecular formula is C15H19NO3S. The Hall–Kier alpha value is -1.49. The third kappa shape index (κ3) is 3.15. The maximum absolute atomic E-state index is 12.4. The van der Waals surface area contributed by atoms with Crippen LogP contribution in [-0.2, 0) is 16.0 Å². The molecule has 1 aliphatic heterocycles. The number of carboxylic acid groups (broad SMARTS) is 1. The summed E-state index contributed by atoms with van der Waals surface area (Å²) in [5, 5.41) is 9.33. The number of carbonyl (C=O) groups is 2. The van der Waals surface area contributed by atoms with Gasteiger partial charge in [-0.05, 0) is 11.6 Å². The van der Waals surface area contributed by atoms with Crippen LogP contribution >= 0.6 is 11.8 Å². The Morgan fingerprint density at radius 2 is 2.00 bits per heavy atom. The van der Waals surface area contributed by atoms with E-state index in [0.29, 0.717) is 12.2 Å². The smallest absolute Gasteiger partial charge is 0.327 e. The molecule has 1 aliphatic rings. The minimum Gasteiger partial charge on any atom is -0.480 e. The molecule has 0 aromatic heterocycles. The summed E-state index contributed by atoms with van der Waals surface area (Å²) in [5.74, 6) is -0.792. The quantitative estimate of drug-likeness (QED) is 0.930. The fourth-order valence-corrected chi connectivity index (χ4v) is 2.94. The summed E-state index contributed by atoms with van der Waals surface area (Å²) < 4.78 is -0.0202. The zero-order chi connectivity index (χ0) is 14.9. The van der Waals surface area contributed by atoms with Crippen LogP contribution in [0.15, 0.2) is 24.3 Å². The summed E-state index contributed by atoms with van der Waals surface area (Å²) >= 11 is 1.53. The first-order valence-corrected chi connectivity index (χ1v) is 7.55. The maximum atomic E-state index is 12.4.